The lowest BCUT2D eigenvalue weighted by Crippen LogP contribution is -2.18. The molecule has 2 rings (SSSR count). The van der Waals surface area contributed by atoms with E-state index < -0.39 is 0 Å². The Labute approximate surface area is 133 Å². The van der Waals surface area contributed by atoms with Gasteiger partial charge in [-0.3, -0.25) is 0 Å². The van der Waals surface area contributed by atoms with Gasteiger partial charge in [0.25, 0.3) is 0 Å². The molecular weight excluding hydrogens is 334 g/mol. The molecule has 0 radical (unpaired) electrons. The first-order valence-electron chi connectivity index (χ1n) is 6.87. The van der Waals surface area contributed by atoms with Gasteiger partial charge in [-0.15, -0.1) is 0 Å². The van der Waals surface area contributed by atoms with E-state index in [9.17, 15) is 0 Å². The molecule has 0 atom stereocenters. The summed E-state index contributed by atoms with van der Waals surface area (Å²) in [7, 11) is 3.84. The Balaban J connectivity index is 2.04. The molecule has 2 aromatic heterocycles. The third kappa shape index (κ3) is 4.42. The summed E-state index contributed by atoms with van der Waals surface area (Å²) in [5.41, 5.74) is 0. The van der Waals surface area contributed by atoms with Crippen LogP contribution in [0.4, 0.5) is 11.9 Å². The van der Waals surface area contributed by atoms with Gasteiger partial charge in [-0.25, -0.2) is 0 Å². The van der Waals surface area contributed by atoms with Crippen LogP contribution in [-0.4, -0.2) is 35.6 Å². The molecule has 2 aromatic rings. The summed E-state index contributed by atoms with van der Waals surface area (Å²) in [5.74, 6) is 3.23. The van der Waals surface area contributed by atoms with Gasteiger partial charge >= 0.3 is 0 Å². The van der Waals surface area contributed by atoms with Crippen LogP contribution in [-0.2, 0) is 6.42 Å². The highest BCUT2D eigenvalue weighted by molar-refractivity contribution is 9.10. The van der Waals surface area contributed by atoms with Gasteiger partial charge in [0, 0.05) is 33.0 Å². The maximum Gasteiger partial charge on any atom is 0.229 e. The molecular formula is C14H20BrN5O. The summed E-state index contributed by atoms with van der Waals surface area (Å²) in [6.07, 6.45) is 0.769. The second-order valence-electron chi connectivity index (χ2n) is 5.25. The van der Waals surface area contributed by atoms with Crippen molar-refractivity contribution in [1.82, 2.24) is 15.0 Å². The van der Waals surface area contributed by atoms with E-state index in [0.29, 0.717) is 18.4 Å². The van der Waals surface area contributed by atoms with E-state index in [-0.39, 0.29) is 5.92 Å². The minimum absolute atomic E-state index is 0.258. The van der Waals surface area contributed by atoms with E-state index in [0.717, 1.165) is 22.7 Å². The van der Waals surface area contributed by atoms with E-state index >= 15 is 0 Å². The van der Waals surface area contributed by atoms with Gasteiger partial charge in [-0.05, 0) is 28.1 Å². The second-order valence-corrected chi connectivity index (χ2v) is 6.03. The number of anilines is 2. The van der Waals surface area contributed by atoms with Gasteiger partial charge in [0.2, 0.25) is 11.9 Å². The fraction of sp³-hybridized carbons (Fsp3) is 0.500. The van der Waals surface area contributed by atoms with Crippen molar-refractivity contribution in [2.75, 3.05) is 30.9 Å². The zero-order valence-electron chi connectivity index (χ0n) is 12.7. The van der Waals surface area contributed by atoms with Crippen molar-refractivity contribution < 1.29 is 4.42 Å². The monoisotopic (exact) mass is 353 g/mol. The SMILES string of the molecule is CC(C)c1nc(NCCc2ccc(Br)o2)nc(N(C)C)n1. The van der Waals surface area contributed by atoms with E-state index in [2.05, 4.69) is 50.0 Å². The summed E-state index contributed by atoms with van der Waals surface area (Å²) in [6.45, 7) is 4.84. The summed E-state index contributed by atoms with van der Waals surface area (Å²) in [4.78, 5) is 15.2. The van der Waals surface area contributed by atoms with Gasteiger partial charge in [-0.2, -0.15) is 15.0 Å². The molecule has 6 nitrogen and oxygen atoms in total. The van der Waals surface area contributed by atoms with E-state index in [1.54, 1.807) is 0 Å². The maximum absolute atomic E-state index is 5.46. The highest BCUT2D eigenvalue weighted by atomic mass is 79.9. The number of hydrogen-bond donors (Lipinski definition) is 1. The van der Waals surface area contributed by atoms with Crippen molar-refractivity contribution in [3.63, 3.8) is 0 Å². The van der Waals surface area contributed by atoms with Crippen molar-refractivity contribution in [1.29, 1.82) is 0 Å². The van der Waals surface area contributed by atoms with E-state index in [1.165, 1.54) is 0 Å². The molecule has 0 saturated carbocycles. The van der Waals surface area contributed by atoms with Gasteiger partial charge in [0.05, 0.1) is 0 Å². The molecule has 0 aromatic carbocycles. The molecule has 7 heteroatoms. The van der Waals surface area contributed by atoms with Crippen LogP contribution in [0.3, 0.4) is 0 Å². The lowest BCUT2D eigenvalue weighted by Gasteiger charge is -2.14. The molecule has 0 amide bonds. The highest BCUT2D eigenvalue weighted by Crippen LogP contribution is 2.16. The largest absolute Gasteiger partial charge is 0.454 e. The van der Waals surface area contributed by atoms with Gasteiger partial charge < -0.3 is 14.6 Å². The summed E-state index contributed by atoms with van der Waals surface area (Å²) < 4.78 is 6.21. The third-order valence-electron chi connectivity index (χ3n) is 2.84. The van der Waals surface area contributed by atoms with Crippen LogP contribution in [0.1, 0.15) is 31.4 Å². The third-order valence-corrected chi connectivity index (χ3v) is 3.27. The Morgan fingerprint density at radius 2 is 2.00 bits per heavy atom. The van der Waals surface area contributed by atoms with Crippen molar-refractivity contribution in [3.8, 4) is 0 Å². The van der Waals surface area contributed by atoms with Crippen LogP contribution in [0.25, 0.3) is 0 Å². The first-order valence-corrected chi connectivity index (χ1v) is 7.66. The number of nitrogens with one attached hydrogen (secondary N) is 1. The van der Waals surface area contributed by atoms with Crippen molar-refractivity contribution in [2.45, 2.75) is 26.2 Å². The Morgan fingerprint density at radius 3 is 2.57 bits per heavy atom. The zero-order chi connectivity index (χ0) is 15.4. The molecule has 1 N–H and O–H groups in total. The molecule has 0 saturated heterocycles. The van der Waals surface area contributed by atoms with Crippen molar-refractivity contribution in [3.05, 3.63) is 28.4 Å². The predicted molar refractivity (Wildman–Crippen MR) is 86.8 cm³/mol. The standard InChI is InChI=1S/C14H20BrN5O/c1-9(2)12-17-13(19-14(18-12)20(3)4)16-8-7-10-5-6-11(15)21-10/h5-6,9H,7-8H2,1-4H3,(H,16,17,18,19). The van der Waals surface area contributed by atoms with Gasteiger partial charge in [0.1, 0.15) is 11.6 Å². The minimum Gasteiger partial charge on any atom is -0.454 e. The first kappa shape index (κ1) is 15.8. The van der Waals surface area contributed by atoms with E-state index in [1.807, 2.05) is 31.1 Å². The quantitative estimate of drug-likeness (QED) is 0.860. The fourth-order valence-electron chi connectivity index (χ4n) is 1.70. The number of rotatable bonds is 6. The number of furan rings is 1. The highest BCUT2D eigenvalue weighted by Gasteiger charge is 2.10. The summed E-state index contributed by atoms with van der Waals surface area (Å²) in [6, 6.07) is 3.84. The maximum atomic E-state index is 5.46. The van der Waals surface area contributed by atoms with Gasteiger partial charge in [0.15, 0.2) is 4.67 Å². The van der Waals surface area contributed by atoms with Crippen molar-refractivity contribution in [2.24, 2.45) is 0 Å². The van der Waals surface area contributed by atoms with E-state index in [4.69, 9.17) is 4.42 Å². The molecule has 0 fully saturated rings. The number of aromatic nitrogens is 3. The Morgan fingerprint density at radius 1 is 1.24 bits per heavy atom. The van der Waals surface area contributed by atoms with Crippen LogP contribution in [0.2, 0.25) is 0 Å². The molecule has 0 aliphatic heterocycles. The Kier molecular flexibility index (Phi) is 5.17. The van der Waals surface area contributed by atoms with Crippen LogP contribution >= 0.6 is 15.9 Å². The lowest BCUT2D eigenvalue weighted by molar-refractivity contribution is 0.491. The number of nitrogens with zero attached hydrogens (tertiary/aromatic N) is 4. The average molecular weight is 354 g/mol. The number of halogens is 1. The van der Waals surface area contributed by atoms with Crippen molar-refractivity contribution >= 4 is 27.8 Å². The molecule has 0 unspecified atom stereocenters. The molecule has 21 heavy (non-hydrogen) atoms. The topological polar surface area (TPSA) is 67.1 Å². The molecule has 0 aliphatic carbocycles. The molecule has 114 valence electrons. The average Bonchev–Trinajstić information content (AvgIpc) is 2.84. The molecule has 2 heterocycles. The Bertz CT molecular complexity index is 571. The van der Waals surface area contributed by atoms with Crippen LogP contribution in [0.5, 0.6) is 0 Å². The number of hydrogen-bond acceptors (Lipinski definition) is 6. The molecule has 0 bridgehead atoms. The van der Waals surface area contributed by atoms with Gasteiger partial charge in [-0.1, -0.05) is 13.8 Å². The lowest BCUT2D eigenvalue weighted by atomic mass is 10.2. The van der Waals surface area contributed by atoms with Crippen LogP contribution in [0, 0.1) is 0 Å². The fourth-order valence-corrected chi connectivity index (χ4v) is 2.04. The second kappa shape index (κ2) is 6.89. The zero-order valence-corrected chi connectivity index (χ0v) is 14.3. The minimum atomic E-state index is 0.258. The molecule has 0 spiro atoms. The Hall–Kier alpha value is -1.63. The molecule has 0 aliphatic rings. The summed E-state index contributed by atoms with van der Waals surface area (Å²) in [5, 5.41) is 3.23. The smallest absolute Gasteiger partial charge is 0.229 e. The van der Waals surface area contributed by atoms with Crippen LogP contribution < -0.4 is 10.2 Å². The normalized spacial score (nSPS) is 11.0. The first-order chi connectivity index (χ1) is 9.95. The predicted octanol–water partition coefficient (Wildman–Crippen LogP) is 3.07. The summed E-state index contributed by atoms with van der Waals surface area (Å²) >= 11 is 3.29. The van der Waals surface area contributed by atoms with Crippen LogP contribution in [0.15, 0.2) is 21.2 Å².